The van der Waals surface area contributed by atoms with Crippen LogP contribution in [0.5, 0.6) is 0 Å². The number of nitrogens with one attached hydrogen (secondary N) is 2. The van der Waals surface area contributed by atoms with Crippen LogP contribution in [0.3, 0.4) is 0 Å². The van der Waals surface area contributed by atoms with Gasteiger partial charge in [0.25, 0.3) is 0 Å². The molecule has 3 heterocycles. The van der Waals surface area contributed by atoms with Crippen LogP contribution in [0.1, 0.15) is 50.2 Å². The lowest BCUT2D eigenvalue weighted by atomic mass is 9.96. The van der Waals surface area contributed by atoms with Crippen molar-refractivity contribution in [1.29, 1.82) is 0 Å². The van der Waals surface area contributed by atoms with Gasteiger partial charge in [-0.2, -0.15) is 4.98 Å². The number of amides is 3. The molecular weight excluding hydrogens is 326 g/mol. The molecule has 9 nitrogen and oxygen atoms in total. The lowest BCUT2D eigenvalue weighted by Crippen LogP contribution is -2.42. The first-order valence-corrected chi connectivity index (χ1v) is 8.65. The highest BCUT2D eigenvalue weighted by Gasteiger charge is 2.27. The average Bonchev–Trinajstić information content (AvgIpc) is 3.09. The van der Waals surface area contributed by atoms with Crippen LogP contribution in [0.15, 0.2) is 4.52 Å². The van der Waals surface area contributed by atoms with E-state index < -0.39 is 0 Å². The fraction of sp³-hybridized carbons (Fsp3) is 0.688. The summed E-state index contributed by atoms with van der Waals surface area (Å²) in [6, 6.07) is 0. The highest BCUT2D eigenvalue weighted by atomic mass is 16.5. The fourth-order valence-electron chi connectivity index (χ4n) is 3.27. The maximum absolute atomic E-state index is 12.2. The number of nitrogens with zero attached hydrogens (tertiary/aromatic N) is 3. The molecule has 0 aliphatic carbocycles. The van der Waals surface area contributed by atoms with E-state index in [2.05, 4.69) is 20.8 Å². The second-order valence-corrected chi connectivity index (χ2v) is 6.58. The molecule has 2 fully saturated rings. The number of piperidine rings is 2. The summed E-state index contributed by atoms with van der Waals surface area (Å²) in [5.74, 6) is 0.726. The lowest BCUT2D eigenvalue weighted by Gasteiger charge is -2.30. The molecular formula is C16H23N5O4. The van der Waals surface area contributed by atoms with E-state index in [-0.39, 0.29) is 36.1 Å². The molecule has 3 rings (SSSR count). The van der Waals surface area contributed by atoms with Crippen molar-refractivity contribution in [3.63, 3.8) is 0 Å². The zero-order chi connectivity index (χ0) is 17.8. The lowest BCUT2D eigenvalue weighted by molar-refractivity contribution is -0.134. The highest BCUT2D eigenvalue weighted by Crippen LogP contribution is 2.23. The zero-order valence-corrected chi connectivity index (χ0v) is 14.3. The van der Waals surface area contributed by atoms with Crippen molar-refractivity contribution in [1.82, 2.24) is 25.7 Å². The molecule has 3 amide bonds. The molecule has 9 heteroatoms. The predicted octanol–water partition coefficient (Wildman–Crippen LogP) is -0.0621. The van der Waals surface area contributed by atoms with E-state index in [1.54, 1.807) is 11.8 Å². The minimum atomic E-state index is -0.0972. The van der Waals surface area contributed by atoms with Crippen molar-refractivity contribution in [3.8, 4) is 0 Å². The van der Waals surface area contributed by atoms with Crippen LogP contribution in [0.25, 0.3) is 0 Å². The molecule has 1 aromatic rings. The maximum Gasteiger partial charge on any atom is 0.246 e. The molecule has 0 saturated carbocycles. The van der Waals surface area contributed by atoms with Crippen molar-refractivity contribution in [2.24, 2.45) is 5.92 Å². The Bertz CT molecular complexity index is 651. The van der Waals surface area contributed by atoms with Gasteiger partial charge >= 0.3 is 0 Å². The largest absolute Gasteiger partial charge is 0.356 e. The van der Waals surface area contributed by atoms with Crippen molar-refractivity contribution in [3.05, 3.63) is 11.7 Å². The summed E-state index contributed by atoms with van der Waals surface area (Å²) in [6.45, 7) is 3.56. The van der Waals surface area contributed by atoms with Gasteiger partial charge in [0, 0.05) is 44.8 Å². The summed E-state index contributed by atoms with van der Waals surface area (Å²) in [4.78, 5) is 41.0. The molecule has 2 saturated heterocycles. The number of hydrogen-bond donors (Lipinski definition) is 2. The molecule has 136 valence electrons. The van der Waals surface area contributed by atoms with Gasteiger partial charge in [-0.1, -0.05) is 5.16 Å². The van der Waals surface area contributed by atoms with Crippen LogP contribution in [-0.2, 0) is 20.9 Å². The van der Waals surface area contributed by atoms with Gasteiger partial charge < -0.3 is 20.1 Å². The van der Waals surface area contributed by atoms with Crippen LogP contribution in [0, 0.1) is 5.92 Å². The van der Waals surface area contributed by atoms with Crippen molar-refractivity contribution < 1.29 is 18.9 Å². The molecule has 1 atom stereocenters. The third kappa shape index (κ3) is 4.34. The van der Waals surface area contributed by atoms with Crippen LogP contribution in [0.2, 0.25) is 0 Å². The van der Waals surface area contributed by atoms with Crippen LogP contribution in [-0.4, -0.2) is 52.4 Å². The SMILES string of the molecule is CC(=O)N1CCC(C(=O)NCc2nc(C3CCNC(=O)C3)no2)CC1. The van der Waals surface area contributed by atoms with E-state index >= 15 is 0 Å². The van der Waals surface area contributed by atoms with E-state index in [1.807, 2.05) is 0 Å². The number of likely N-dealkylation sites (tertiary alicyclic amines) is 1. The van der Waals surface area contributed by atoms with Gasteiger partial charge in [0.2, 0.25) is 23.6 Å². The minimum Gasteiger partial charge on any atom is -0.356 e. The smallest absolute Gasteiger partial charge is 0.246 e. The maximum atomic E-state index is 12.2. The standard InChI is InChI=1S/C16H23N5O4/c1-10(22)21-6-3-11(4-7-21)16(24)18-9-14-19-15(20-25-14)12-2-5-17-13(23)8-12/h11-12H,2-9H2,1H3,(H,17,23)(H,18,24). The summed E-state index contributed by atoms with van der Waals surface area (Å²) in [6.07, 6.45) is 2.47. The Kier molecular flexibility index (Phi) is 5.30. The molecule has 2 aliphatic rings. The van der Waals surface area contributed by atoms with Crippen LogP contribution in [0.4, 0.5) is 0 Å². The van der Waals surface area contributed by atoms with E-state index in [0.717, 1.165) is 6.42 Å². The Morgan fingerprint density at radius 2 is 2.08 bits per heavy atom. The van der Waals surface area contributed by atoms with Crippen molar-refractivity contribution in [2.45, 2.75) is 45.1 Å². The molecule has 1 unspecified atom stereocenters. The first-order chi connectivity index (χ1) is 12.0. The van der Waals surface area contributed by atoms with E-state index in [9.17, 15) is 14.4 Å². The quantitative estimate of drug-likeness (QED) is 0.786. The van der Waals surface area contributed by atoms with E-state index in [1.165, 1.54) is 0 Å². The van der Waals surface area contributed by atoms with Gasteiger partial charge in [-0.25, -0.2) is 0 Å². The predicted molar refractivity (Wildman–Crippen MR) is 86.1 cm³/mol. The Labute approximate surface area is 145 Å². The molecule has 1 aromatic heterocycles. The molecule has 0 spiro atoms. The molecule has 0 aromatic carbocycles. The summed E-state index contributed by atoms with van der Waals surface area (Å²) >= 11 is 0. The monoisotopic (exact) mass is 349 g/mol. The average molecular weight is 349 g/mol. The van der Waals surface area contributed by atoms with Gasteiger partial charge in [0.1, 0.15) is 0 Å². The number of carbonyl (C=O) groups is 3. The van der Waals surface area contributed by atoms with Gasteiger partial charge in [0.15, 0.2) is 5.82 Å². The summed E-state index contributed by atoms with van der Waals surface area (Å²) in [5.41, 5.74) is 0. The minimum absolute atomic E-state index is 0.00666. The van der Waals surface area contributed by atoms with Crippen LogP contribution < -0.4 is 10.6 Å². The number of rotatable bonds is 4. The van der Waals surface area contributed by atoms with Gasteiger partial charge in [-0.15, -0.1) is 0 Å². The molecule has 0 radical (unpaired) electrons. The van der Waals surface area contributed by atoms with Gasteiger partial charge in [-0.3, -0.25) is 14.4 Å². The van der Waals surface area contributed by atoms with Gasteiger partial charge in [-0.05, 0) is 19.3 Å². The Morgan fingerprint density at radius 1 is 1.32 bits per heavy atom. The highest BCUT2D eigenvalue weighted by molar-refractivity contribution is 5.79. The Hall–Kier alpha value is -2.45. The fourth-order valence-corrected chi connectivity index (χ4v) is 3.27. The summed E-state index contributed by atoms with van der Waals surface area (Å²) < 4.78 is 5.18. The van der Waals surface area contributed by atoms with Gasteiger partial charge in [0.05, 0.1) is 6.54 Å². The molecule has 2 aliphatic heterocycles. The topological polar surface area (TPSA) is 117 Å². The normalized spacial score (nSPS) is 21.7. The molecule has 0 bridgehead atoms. The van der Waals surface area contributed by atoms with E-state index in [4.69, 9.17) is 4.52 Å². The molecule has 25 heavy (non-hydrogen) atoms. The number of aromatic nitrogens is 2. The summed E-state index contributed by atoms with van der Waals surface area (Å²) in [7, 11) is 0. The Balaban J connectivity index is 1.46. The second kappa shape index (κ2) is 7.62. The number of carbonyl (C=O) groups excluding carboxylic acids is 3. The number of hydrogen-bond acceptors (Lipinski definition) is 6. The Morgan fingerprint density at radius 3 is 2.76 bits per heavy atom. The molecule has 2 N–H and O–H groups in total. The third-order valence-electron chi connectivity index (χ3n) is 4.82. The first kappa shape index (κ1) is 17.4. The van der Waals surface area contributed by atoms with Crippen LogP contribution >= 0.6 is 0 Å². The van der Waals surface area contributed by atoms with Crippen molar-refractivity contribution >= 4 is 17.7 Å². The first-order valence-electron chi connectivity index (χ1n) is 8.65. The van der Waals surface area contributed by atoms with E-state index in [0.29, 0.717) is 50.6 Å². The van der Waals surface area contributed by atoms with Crippen molar-refractivity contribution in [2.75, 3.05) is 19.6 Å². The summed E-state index contributed by atoms with van der Waals surface area (Å²) in [5, 5.41) is 9.52. The second-order valence-electron chi connectivity index (χ2n) is 6.58. The third-order valence-corrected chi connectivity index (χ3v) is 4.82. The zero-order valence-electron chi connectivity index (χ0n) is 14.3.